The number of hydrogen-bond donors (Lipinski definition) is 3. The maximum absolute atomic E-state index is 13.4. The minimum atomic E-state index is -1.63. The van der Waals surface area contributed by atoms with Crippen molar-refractivity contribution in [3.05, 3.63) is 63.8 Å². The summed E-state index contributed by atoms with van der Waals surface area (Å²) >= 11 is 0. The summed E-state index contributed by atoms with van der Waals surface area (Å²) in [5.74, 6) is -7.72. The number of hydrogen-bond acceptors (Lipinski definition) is 5. The van der Waals surface area contributed by atoms with Crippen molar-refractivity contribution in [3.8, 4) is 16.9 Å². The molecule has 1 amide bonds. The molecule has 0 spiro atoms. The van der Waals surface area contributed by atoms with Gasteiger partial charge < -0.3 is 19.9 Å². The Kier molecular flexibility index (Phi) is 4.78. The summed E-state index contributed by atoms with van der Waals surface area (Å²) < 4.78 is 44.9. The smallest absolute Gasteiger partial charge is 0.353 e. The maximum Gasteiger partial charge on any atom is 0.353 e. The molecule has 1 heterocycles. The SMILES string of the molecule is O=C(O)CNC(=O)c1c(O)c2ccc(-c3cc(F)c(F)c(F)c3)cc2oc1=O. The van der Waals surface area contributed by atoms with Gasteiger partial charge in [-0.1, -0.05) is 6.07 Å². The van der Waals surface area contributed by atoms with Gasteiger partial charge >= 0.3 is 11.6 Å². The Morgan fingerprint density at radius 3 is 2.29 bits per heavy atom. The van der Waals surface area contributed by atoms with Gasteiger partial charge in [0.25, 0.3) is 5.91 Å². The van der Waals surface area contributed by atoms with Gasteiger partial charge in [-0.25, -0.2) is 18.0 Å². The number of fused-ring (bicyclic) bond motifs is 1. The number of amides is 1. The number of aromatic hydroxyl groups is 1. The molecule has 0 unspecified atom stereocenters. The van der Waals surface area contributed by atoms with Gasteiger partial charge in [-0.2, -0.15) is 0 Å². The molecule has 0 bridgehead atoms. The molecule has 1 aromatic heterocycles. The van der Waals surface area contributed by atoms with E-state index < -0.39 is 52.8 Å². The predicted octanol–water partition coefficient (Wildman–Crippen LogP) is 2.40. The molecule has 0 radical (unpaired) electrons. The van der Waals surface area contributed by atoms with Gasteiger partial charge in [0.15, 0.2) is 23.0 Å². The fraction of sp³-hybridized carbons (Fsp3) is 0.0556. The Balaban J connectivity index is 2.10. The number of halogens is 3. The first kappa shape index (κ1) is 19.0. The molecule has 0 aliphatic carbocycles. The van der Waals surface area contributed by atoms with E-state index >= 15 is 0 Å². The molecule has 3 aromatic rings. The number of aliphatic carboxylic acids is 1. The second-order valence-electron chi connectivity index (χ2n) is 5.65. The summed E-state index contributed by atoms with van der Waals surface area (Å²) in [6.45, 7) is -0.781. The lowest BCUT2D eigenvalue weighted by molar-refractivity contribution is -0.135. The number of carboxylic acid groups (broad SMARTS) is 1. The molecule has 0 fully saturated rings. The normalized spacial score (nSPS) is 10.8. The van der Waals surface area contributed by atoms with Crippen molar-refractivity contribution in [2.24, 2.45) is 0 Å². The fourth-order valence-electron chi connectivity index (χ4n) is 2.53. The maximum atomic E-state index is 13.4. The van der Waals surface area contributed by atoms with E-state index in [2.05, 4.69) is 0 Å². The van der Waals surface area contributed by atoms with Crippen LogP contribution in [0.2, 0.25) is 0 Å². The summed E-state index contributed by atoms with van der Waals surface area (Å²) in [6.07, 6.45) is 0. The molecule has 28 heavy (non-hydrogen) atoms. The van der Waals surface area contributed by atoms with E-state index in [4.69, 9.17) is 9.52 Å². The van der Waals surface area contributed by atoms with Gasteiger partial charge in [0, 0.05) is 0 Å². The molecule has 10 heteroatoms. The van der Waals surface area contributed by atoms with Crippen molar-refractivity contribution in [2.45, 2.75) is 0 Å². The highest BCUT2D eigenvalue weighted by Crippen LogP contribution is 2.31. The average Bonchev–Trinajstić information content (AvgIpc) is 2.63. The van der Waals surface area contributed by atoms with Crippen LogP contribution in [0, 0.1) is 17.5 Å². The molecule has 2 aromatic carbocycles. The second-order valence-corrected chi connectivity index (χ2v) is 5.65. The van der Waals surface area contributed by atoms with E-state index in [1.807, 2.05) is 5.32 Å². The molecule has 0 aliphatic heterocycles. The Labute approximate surface area is 153 Å². The fourth-order valence-corrected chi connectivity index (χ4v) is 2.53. The molecule has 3 N–H and O–H groups in total. The molecular weight excluding hydrogens is 383 g/mol. The minimum Gasteiger partial charge on any atom is -0.506 e. The van der Waals surface area contributed by atoms with Crippen molar-refractivity contribution < 1.29 is 37.4 Å². The van der Waals surface area contributed by atoms with Gasteiger partial charge in [-0.05, 0) is 35.4 Å². The Hall–Kier alpha value is -3.82. The third kappa shape index (κ3) is 3.39. The molecule has 3 rings (SSSR count). The zero-order chi connectivity index (χ0) is 20.6. The summed E-state index contributed by atoms with van der Waals surface area (Å²) in [7, 11) is 0. The molecule has 0 aliphatic rings. The van der Waals surface area contributed by atoms with E-state index in [0.717, 1.165) is 12.1 Å². The number of rotatable bonds is 4. The van der Waals surface area contributed by atoms with Crippen LogP contribution in [0.15, 0.2) is 39.5 Å². The monoisotopic (exact) mass is 393 g/mol. The van der Waals surface area contributed by atoms with Gasteiger partial charge in [0.2, 0.25) is 0 Å². The zero-order valence-electron chi connectivity index (χ0n) is 13.8. The van der Waals surface area contributed by atoms with E-state index in [1.165, 1.54) is 18.2 Å². The van der Waals surface area contributed by atoms with Gasteiger partial charge in [0.05, 0.1) is 5.39 Å². The number of carbonyl (C=O) groups is 2. The van der Waals surface area contributed by atoms with Crippen molar-refractivity contribution in [1.29, 1.82) is 0 Å². The standard InChI is InChI=1S/C18H10F3NO6/c19-10-3-8(4-11(20)15(10)21)7-1-2-9-12(5-7)28-18(27)14(16(9)25)17(26)22-6-13(23)24/h1-5,25H,6H2,(H,22,26)(H,23,24). The molecule has 144 valence electrons. The number of benzene rings is 2. The van der Waals surface area contributed by atoms with Crippen molar-refractivity contribution >= 4 is 22.8 Å². The van der Waals surface area contributed by atoms with E-state index in [1.54, 1.807) is 0 Å². The Morgan fingerprint density at radius 2 is 1.68 bits per heavy atom. The van der Waals surface area contributed by atoms with Crippen LogP contribution in [0.4, 0.5) is 13.2 Å². The van der Waals surface area contributed by atoms with Crippen LogP contribution in [0.25, 0.3) is 22.1 Å². The minimum absolute atomic E-state index is 0.0521. The highest BCUT2D eigenvalue weighted by molar-refractivity contribution is 6.02. The molecule has 0 saturated heterocycles. The second kappa shape index (κ2) is 7.06. The topological polar surface area (TPSA) is 117 Å². The van der Waals surface area contributed by atoms with Crippen LogP contribution < -0.4 is 10.9 Å². The average molecular weight is 393 g/mol. The predicted molar refractivity (Wildman–Crippen MR) is 89.4 cm³/mol. The largest absolute Gasteiger partial charge is 0.506 e. The summed E-state index contributed by atoms with van der Waals surface area (Å²) in [5.41, 5.74) is -2.15. The first-order valence-corrected chi connectivity index (χ1v) is 7.63. The van der Waals surface area contributed by atoms with Crippen LogP contribution >= 0.6 is 0 Å². The Bertz CT molecular complexity index is 1160. The van der Waals surface area contributed by atoms with Gasteiger partial charge in [0.1, 0.15) is 17.9 Å². The Morgan fingerprint density at radius 1 is 1.04 bits per heavy atom. The van der Waals surface area contributed by atoms with E-state index in [-0.39, 0.29) is 22.1 Å². The van der Waals surface area contributed by atoms with Crippen LogP contribution in [0.1, 0.15) is 10.4 Å². The van der Waals surface area contributed by atoms with Crippen molar-refractivity contribution in [3.63, 3.8) is 0 Å². The van der Waals surface area contributed by atoms with Crippen LogP contribution in [-0.4, -0.2) is 28.6 Å². The lowest BCUT2D eigenvalue weighted by atomic mass is 10.0. The van der Waals surface area contributed by atoms with Crippen molar-refractivity contribution in [2.75, 3.05) is 6.54 Å². The van der Waals surface area contributed by atoms with Crippen molar-refractivity contribution in [1.82, 2.24) is 5.32 Å². The lowest BCUT2D eigenvalue weighted by Gasteiger charge is -2.08. The molecule has 0 saturated carbocycles. The molecule has 0 atom stereocenters. The number of carbonyl (C=O) groups excluding carboxylic acids is 1. The van der Waals surface area contributed by atoms with Crippen LogP contribution in [0.3, 0.4) is 0 Å². The quantitative estimate of drug-likeness (QED) is 0.463. The summed E-state index contributed by atoms with van der Waals surface area (Å²) in [6, 6.07) is 5.17. The van der Waals surface area contributed by atoms with E-state index in [0.29, 0.717) is 0 Å². The highest BCUT2D eigenvalue weighted by Gasteiger charge is 2.22. The van der Waals surface area contributed by atoms with Gasteiger partial charge in [-0.15, -0.1) is 0 Å². The zero-order valence-corrected chi connectivity index (χ0v) is 13.8. The van der Waals surface area contributed by atoms with E-state index in [9.17, 15) is 32.7 Å². The first-order chi connectivity index (χ1) is 13.2. The van der Waals surface area contributed by atoms with Crippen LogP contribution in [0.5, 0.6) is 5.75 Å². The lowest BCUT2D eigenvalue weighted by Crippen LogP contribution is -2.32. The summed E-state index contributed by atoms with van der Waals surface area (Å²) in [4.78, 5) is 34.5. The number of carboxylic acids is 1. The third-order valence-corrected chi connectivity index (χ3v) is 3.82. The van der Waals surface area contributed by atoms with Gasteiger partial charge in [-0.3, -0.25) is 9.59 Å². The molecule has 7 nitrogen and oxygen atoms in total. The first-order valence-electron chi connectivity index (χ1n) is 7.63. The molecular formula is C18H10F3NO6. The number of nitrogens with one attached hydrogen (secondary N) is 1. The highest BCUT2D eigenvalue weighted by atomic mass is 19.2. The van der Waals surface area contributed by atoms with Crippen LogP contribution in [-0.2, 0) is 4.79 Å². The third-order valence-electron chi connectivity index (χ3n) is 3.82. The summed E-state index contributed by atoms with van der Waals surface area (Å²) in [5, 5.41) is 20.6.